The van der Waals surface area contributed by atoms with Gasteiger partial charge in [0.15, 0.2) is 0 Å². The summed E-state index contributed by atoms with van der Waals surface area (Å²) in [5.41, 5.74) is 0. The molecule has 2 fully saturated rings. The summed E-state index contributed by atoms with van der Waals surface area (Å²) in [6.07, 6.45) is 8.00. The van der Waals surface area contributed by atoms with Crippen LogP contribution in [0.3, 0.4) is 0 Å². The Labute approximate surface area is 150 Å². The summed E-state index contributed by atoms with van der Waals surface area (Å²) < 4.78 is 24.9. The highest BCUT2D eigenvalue weighted by atomic mass is 32.2. The molecule has 2 aliphatic rings. The van der Waals surface area contributed by atoms with Gasteiger partial charge in [0.25, 0.3) is 0 Å². The fraction of sp³-hybridized carbons (Fsp3) is 0.882. The molecule has 1 aliphatic heterocycles. The van der Waals surface area contributed by atoms with Gasteiger partial charge in [0, 0.05) is 32.0 Å². The number of hydrogen-bond acceptors (Lipinski definition) is 4. The van der Waals surface area contributed by atoms with Crippen LogP contribution in [0.25, 0.3) is 0 Å². The third-order valence-corrected chi connectivity index (χ3v) is 7.16. The Morgan fingerprint density at radius 3 is 2.44 bits per heavy atom. The lowest BCUT2D eigenvalue weighted by Gasteiger charge is -2.27. The predicted molar refractivity (Wildman–Crippen MR) is 94.6 cm³/mol. The number of hydrogen-bond donors (Lipinski definition) is 2. The fourth-order valence-electron chi connectivity index (χ4n) is 3.84. The zero-order chi connectivity index (χ0) is 18.3. The highest BCUT2D eigenvalue weighted by Gasteiger charge is 2.28. The minimum atomic E-state index is -3.18. The molecule has 1 heterocycles. The second kappa shape index (κ2) is 9.52. The van der Waals surface area contributed by atoms with Gasteiger partial charge in [-0.15, -0.1) is 0 Å². The van der Waals surface area contributed by atoms with E-state index in [4.69, 9.17) is 5.11 Å². The topological polar surface area (TPSA) is 104 Å². The van der Waals surface area contributed by atoms with Crippen molar-refractivity contribution in [2.75, 3.05) is 18.8 Å². The van der Waals surface area contributed by atoms with Gasteiger partial charge in [0.1, 0.15) is 0 Å². The van der Waals surface area contributed by atoms with Gasteiger partial charge < -0.3 is 10.4 Å². The highest BCUT2D eigenvalue weighted by molar-refractivity contribution is 7.89. The number of aliphatic carboxylic acids is 1. The summed E-state index contributed by atoms with van der Waals surface area (Å²) >= 11 is 0. The van der Waals surface area contributed by atoms with Crippen LogP contribution in [0.4, 0.5) is 0 Å². The highest BCUT2D eigenvalue weighted by Crippen LogP contribution is 2.28. The zero-order valence-corrected chi connectivity index (χ0v) is 15.6. The lowest BCUT2D eigenvalue weighted by molar-refractivity contribution is -0.137. The van der Waals surface area contributed by atoms with Crippen LogP contribution in [0.1, 0.15) is 64.2 Å². The first kappa shape index (κ1) is 20.2. The predicted octanol–water partition coefficient (Wildman–Crippen LogP) is 1.73. The molecule has 1 amide bonds. The smallest absolute Gasteiger partial charge is 0.303 e. The van der Waals surface area contributed by atoms with Crippen LogP contribution in [0.15, 0.2) is 0 Å². The van der Waals surface area contributed by atoms with Crippen LogP contribution >= 0.6 is 0 Å². The first-order valence-electron chi connectivity index (χ1n) is 9.36. The Morgan fingerprint density at radius 2 is 1.84 bits per heavy atom. The molecule has 2 N–H and O–H groups in total. The maximum absolute atomic E-state index is 12.2. The van der Waals surface area contributed by atoms with Crippen molar-refractivity contribution in [2.45, 2.75) is 70.3 Å². The molecule has 0 spiro atoms. The lowest BCUT2D eigenvalue weighted by Crippen LogP contribution is -2.39. The number of carbonyl (C=O) groups is 2. The van der Waals surface area contributed by atoms with Crippen molar-refractivity contribution in [3.05, 3.63) is 0 Å². The van der Waals surface area contributed by atoms with Crippen molar-refractivity contribution in [2.24, 2.45) is 5.92 Å². The van der Waals surface area contributed by atoms with Gasteiger partial charge in [0.05, 0.1) is 5.75 Å². The molecule has 0 aromatic carbocycles. The number of nitrogens with one attached hydrogen (secondary N) is 1. The van der Waals surface area contributed by atoms with Crippen molar-refractivity contribution in [3.63, 3.8) is 0 Å². The zero-order valence-electron chi connectivity index (χ0n) is 14.8. The maximum atomic E-state index is 12.2. The fourth-order valence-corrected chi connectivity index (χ4v) is 5.37. The first-order chi connectivity index (χ1) is 11.9. The number of carboxylic acids is 1. The van der Waals surface area contributed by atoms with E-state index >= 15 is 0 Å². The molecule has 0 radical (unpaired) electrons. The molecule has 144 valence electrons. The first-order valence-corrected chi connectivity index (χ1v) is 11.0. The molecule has 7 nitrogen and oxygen atoms in total. The molecule has 25 heavy (non-hydrogen) atoms. The molecule has 2 rings (SSSR count). The maximum Gasteiger partial charge on any atom is 0.303 e. The number of carbonyl (C=O) groups excluding carboxylic acids is 1. The molecule has 1 unspecified atom stereocenters. The summed E-state index contributed by atoms with van der Waals surface area (Å²) in [6, 6.07) is -0.137. The summed E-state index contributed by atoms with van der Waals surface area (Å²) in [7, 11) is -3.18. The summed E-state index contributed by atoms with van der Waals surface area (Å²) in [5.74, 6) is -0.330. The van der Waals surface area contributed by atoms with Crippen molar-refractivity contribution in [3.8, 4) is 0 Å². The minimum absolute atomic E-state index is 0.0399. The van der Waals surface area contributed by atoms with Gasteiger partial charge >= 0.3 is 5.97 Å². The number of amides is 1. The van der Waals surface area contributed by atoms with E-state index in [1.807, 2.05) is 0 Å². The minimum Gasteiger partial charge on any atom is -0.481 e. The SMILES string of the molecule is O=C(O)CCC(CC1CCCCC1)NC(=O)CCN1CCCS1(=O)=O. The number of rotatable bonds is 9. The van der Waals surface area contributed by atoms with E-state index in [2.05, 4.69) is 5.32 Å². The molecule has 0 bridgehead atoms. The number of sulfonamides is 1. The van der Waals surface area contributed by atoms with Gasteiger partial charge in [-0.2, -0.15) is 0 Å². The van der Waals surface area contributed by atoms with Crippen LogP contribution in [0, 0.1) is 5.92 Å². The average molecular weight is 375 g/mol. The van der Waals surface area contributed by atoms with E-state index < -0.39 is 16.0 Å². The summed E-state index contributed by atoms with van der Waals surface area (Å²) in [4.78, 5) is 23.1. The summed E-state index contributed by atoms with van der Waals surface area (Å²) in [5, 5.41) is 11.9. The van der Waals surface area contributed by atoms with Crippen LogP contribution in [0.2, 0.25) is 0 Å². The van der Waals surface area contributed by atoms with E-state index in [9.17, 15) is 18.0 Å². The monoisotopic (exact) mass is 374 g/mol. The largest absolute Gasteiger partial charge is 0.481 e. The standard InChI is InChI=1S/C17H30N2O5S/c20-16(9-11-19-10-4-12-25(19,23)24)18-15(7-8-17(21)22)13-14-5-2-1-3-6-14/h14-15H,1-13H2,(H,18,20)(H,21,22). The van der Waals surface area contributed by atoms with Gasteiger partial charge in [-0.1, -0.05) is 32.1 Å². The molecule has 0 aromatic rings. The van der Waals surface area contributed by atoms with Gasteiger partial charge in [-0.3, -0.25) is 9.59 Å². The Balaban J connectivity index is 1.81. The molecule has 1 aliphatic carbocycles. The van der Waals surface area contributed by atoms with Gasteiger partial charge in [-0.25, -0.2) is 12.7 Å². The number of carboxylic acid groups (broad SMARTS) is 1. The van der Waals surface area contributed by atoms with Crippen LogP contribution in [-0.2, 0) is 19.6 Å². The van der Waals surface area contributed by atoms with E-state index in [0.717, 1.165) is 19.3 Å². The van der Waals surface area contributed by atoms with Crippen LogP contribution < -0.4 is 5.32 Å². The van der Waals surface area contributed by atoms with E-state index in [1.165, 1.54) is 23.6 Å². The average Bonchev–Trinajstić information content (AvgIpc) is 2.90. The molecule has 1 saturated carbocycles. The Hall–Kier alpha value is -1.15. The molecular formula is C17H30N2O5S. The molecule has 1 saturated heterocycles. The molecular weight excluding hydrogens is 344 g/mol. The third-order valence-electron chi connectivity index (χ3n) is 5.21. The summed E-state index contributed by atoms with van der Waals surface area (Å²) in [6.45, 7) is 0.698. The van der Waals surface area contributed by atoms with Crippen LogP contribution in [-0.4, -0.2) is 54.6 Å². The normalized spacial score (nSPS) is 22.6. The number of nitrogens with zero attached hydrogens (tertiary/aromatic N) is 1. The van der Waals surface area contributed by atoms with E-state index in [-0.39, 0.29) is 37.1 Å². The quantitative estimate of drug-likeness (QED) is 0.640. The van der Waals surface area contributed by atoms with E-state index in [0.29, 0.717) is 25.3 Å². The second-order valence-electron chi connectivity index (χ2n) is 7.26. The van der Waals surface area contributed by atoms with Crippen LogP contribution in [0.5, 0.6) is 0 Å². The lowest BCUT2D eigenvalue weighted by atomic mass is 9.84. The molecule has 1 atom stereocenters. The Bertz CT molecular complexity index is 557. The van der Waals surface area contributed by atoms with Crippen molar-refractivity contribution < 1.29 is 23.1 Å². The second-order valence-corrected chi connectivity index (χ2v) is 9.34. The van der Waals surface area contributed by atoms with Crippen molar-refractivity contribution >= 4 is 21.9 Å². The van der Waals surface area contributed by atoms with Crippen molar-refractivity contribution in [1.29, 1.82) is 0 Å². The van der Waals surface area contributed by atoms with E-state index in [1.54, 1.807) is 0 Å². The molecule has 8 heteroatoms. The van der Waals surface area contributed by atoms with Gasteiger partial charge in [0.2, 0.25) is 15.9 Å². The third kappa shape index (κ3) is 6.93. The van der Waals surface area contributed by atoms with Gasteiger partial charge in [-0.05, 0) is 25.2 Å². The molecule has 0 aromatic heterocycles. The van der Waals surface area contributed by atoms with Crippen molar-refractivity contribution in [1.82, 2.24) is 9.62 Å². The Morgan fingerprint density at radius 1 is 1.12 bits per heavy atom. The Kier molecular flexibility index (Phi) is 7.68.